The molecule has 2 aromatic carbocycles. The smallest absolute Gasteiger partial charge is 0.338 e. The number of benzene rings is 2. The van der Waals surface area contributed by atoms with Gasteiger partial charge in [-0.15, -0.1) is 11.6 Å². The van der Waals surface area contributed by atoms with Crippen LogP contribution in [0.15, 0.2) is 60.7 Å². The van der Waals surface area contributed by atoms with Crippen LogP contribution in [0.3, 0.4) is 0 Å². The van der Waals surface area contributed by atoms with Crippen molar-refractivity contribution in [3.63, 3.8) is 0 Å². The summed E-state index contributed by atoms with van der Waals surface area (Å²) in [6.07, 6.45) is 8.50. The van der Waals surface area contributed by atoms with Crippen molar-refractivity contribution in [2.24, 2.45) is 0 Å². The van der Waals surface area contributed by atoms with Gasteiger partial charge in [-0.3, -0.25) is 4.79 Å². The van der Waals surface area contributed by atoms with E-state index in [0.29, 0.717) is 29.8 Å². The number of hydrogen-bond donors (Lipinski definition) is 0. The van der Waals surface area contributed by atoms with Crippen LogP contribution in [0, 0.1) is 0 Å². The zero-order chi connectivity index (χ0) is 23.6. The van der Waals surface area contributed by atoms with Crippen LogP contribution >= 0.6 is 11.6 Å². The molecule has 0 aliphatic carbocycles. The minimum atomic E-state index is -0.393. The summed E-state index contributed by atoms with van der Waals surface area (Å²) < 4.78 is 4.83. The fraction of sp³-hybridized carbons (Fsp3) is 0.179. The second-order valence-electron chi connectivity index (χ2n) is 7.39. The van der Waals surface area contributed by atoms with Gasteiger partial charge in [-0.05, 0) is 60.0 Å². The van der Waals surface area contributed by atoms with Crippen molar-refractivity contribution < 1.29 is 14.3 Å². The maximum Gasteiger partial charge on any atom is 0.338 e. The largest absolute Gasteiger partial charge is 0.465 e. The quantitative estimate of drug-likeness (QED) is 0.279. The molecule has 0 amide bonds. The summed E-state index contributed by atoms with van der Waals surface area (Å²) in [5.74, 6) is 0.0234. The van der Waals surface area contributed by atoms with E-state index in [2.05, 4.69) is 4.98 Å². The minimum absolute atomic E-state index is 0.0184. The zero-order valence-corrected chi connectivity index (χ0v) is 19.5. The lowest BCUT2D eigenvalue weighted by Gasteiger charge is -2.07. The van der Waals surface area contributed by atoms with Crippen LogP contribution in [0.5, 0.6) is 0 Å². The molecule has 3 rings (SSSR count). The number of hydrogen-bond acceptors (Lipinski definition) is 4. The molecular weight excluding hydrogens is 434 g/mol. The fourth-order valence-electron chi connectivity index (χ4n) is 3.51. The normalized spacial score (nSPS) is 12.3. The lowest BCUT2D eigenvalue weighted by atomic mass is 9.98. The Kier molecular flexibility index (Phi) is 8.73. The molecule has 4 nitrogen and oxygen atoms in total. The number of Topliss-reactive ketones (excluding diaryl/α,β-unsaturated/α-hetero) is 1. The first-order valence-electron chi connectivity index (χ1n) is 10.7. The number of ketones is 1. The number of methoxy groups -OCH3 is 1. The van der Waals surface area contributed by atoms with Gasteiger partial charge in [0.2, 0.25) is 0 Å². The number of pyridine rings is 1. The van der Waals surface area contributed by atoms with Gasteiger partial charge < -0.3 is 4.74 Å². The first-order chi connectivity index (χ1) is 16.0. The van der Waals surface area contributed by atoms with Gasteiger partial charge in [0, 0.05) is 17.9 Å². The van der Waals surface area contributed by atoms with E-state index in [4.69, 9.17) is 16.3 Å². The summed E-state index contributed by atoms with van der Waals surface area (Å²) in [5.41, 5.74) is 3.65. The van der Waals surface area contributed by atoms with Crippen molar-refractivity contribution in [2.45, 2.75) is 19.8 Å². The summed E-state index contributed by atoms with van der Waals surface area (Å²) >= 11 is 5.85. The molecule has 3 aromatic rings. The molecular formula is C28H26ClNO3. The van der Waals surface area contributed by atoms with Gasteiger partial charge in [0.1, 0.15) is 0 Å². The zero-order valence-electron chi connectivity index (χ0n) is 18.8. The second-order valence-corrected chi connectivity index (χ2v) is 7.70. The van der Waals surface area contributed by atoms with E-state index < -0.39 is 5.97 Å². The SMILES string of the molecule is CC=c1ccc(C=Cc2cccc(C(=O)CCc3ccccc3C(=O)OC)c2)nc1=CCCl. The predicted octanol–water partition coefficient (Wildman–Crippen LogP) is 4.67. The van der Waals surface area contributed by atoms with E-state index in [1.807, 2.05) is 79.8 Å². The summed E-state index contributed by atoms with van der Waals surface area (Å²) in [4.78, 5) is 29.4. The Hall–Kier alpha value is -3.50. The lowest BCUT2D eigenvalue weighted by molar-refractivity contribution is 0.0599. The summed E-state index contributed by atoms with van der Waals surface area (Å²) in [6.45, 7) is 1.97. The van der Waals surface area contributed by atoms with Crippen molar-refractivity contribution >= 4 is 47.7 Å². The molecule has 0 atom stereocenters. The van der Waals surface area contributed by atoms with Gasteiger partial charge in [0.05, 0.1) is 23.7 Å². The van der Waals surface area contributed by atoms with E-state index >= 15 is 0 Å². The van der Waals surface area contributed by atoms with Crippen LogP contribution in [0.2, 0.25) is 0 Å². The molecule has 0 unspecified atom stereocenters. The Morgan fingerprint density at radius 2 is 1.85 bits per heavy atom. The Morgan fingerprint density at radius 3 is 2.61 bits per heavy atom. The molecule has 0 bridgehead atoms. The van der Waals surface area contributed by atoms with Crippen LogP contribution in [-0.2, 0) is 11.2 Å². The summed E-state index contributed by atoms with van der Waals surface area (Å²) in [5, 5.41) is 1.89. The van der Waals surface area contributed by atoms with Gasteiger partial charge in [0.15, 0.2) is 5.78 Å². The predicted molar refractivity (Wildman–Crippen MR) is 135 cm³/mol. The highest BCUT2D eigenvalue weighted by atomic mass is 35.5. The molecule has 168 valence electrons. The molecule has 33 heavy (non-hydrogen) atoms. The standard InChI is InChI=1S/C28H26ClNO3/c1-3-21-12-15-24(30-26(21)17-18-29)14-11-20-7-6-9-23(19-20)27(31)16-13-22-8-4-5-10-25(22)28(32)33-2/h3-12,14-15,17,19H,13,16,18H2,1-2H3. The van der Waals surface area contributed by atoms with E-state index in [-0.39, 0.29) is 5.78 Å². The maximum absolute atomic E-state index is 12.8. The van der Waals surface area contributed by atoms with Gasteiger partial charge in [0.25, 0.3) is 0 Å². The number of esters is 1. The third kappa shape index (κ3) is 6.50. The maximum atomic E-state index is 12.8. The lowest BCUT2D eigenvalue weighted by Crippen LogP contribution is -2.28. The van der Waals surface area contributed by atoms with Gasteiger partial charge in [-0.1, -0.05) is 54.6 Å². The summed E-state index contributed by atoms with van der Waals surface area (Å²) in [7, 11) is 1.35. The van der Waals surface area contributed by atoms with Crippen molar-refractivity contribution in [2.75, 3.05) is 13.0 Å². The highest BCUT2D eigenvalue weighted by Gasteiger charge is 2.13. The Labute approximate surface area is 198 Å². The highest BCUT2D eigenvalue weighted by Crippen LogP contribution is 2.16. The minimum Gasteiger partial charge on any atom is -0.465 e. The van der Waals surface area contributed by atoms with Crippen LogP contribution in [0.1, 0.15) is 50.9 Å². The molecule has 0 radical (unpaired) electrons. The van der Waals surface area contributed by atoms with Crippen molar-refractivity contribution in [3.8, 4) is 0 Å². The average Bonchev–Trinajstić information content (AvgIpc) is 2.86. The van der Waals surface area contributed by atoms with Crippen LogP contribution in [0.4, 0.5) is 0 Å². The van der Waals surface area contributed by atoms with Crippen LogP contribution < -0.4 is 10.6 Å². The number of carbonyl (C=O) groups is 2. The molecule has 0 spiro atoms. The van der Waals surface area contributed by atoms with E-state index in [1.165, 1.54) is 7.11 Å². The number of ether oxygens (including phenoxy) is 1. The molecule has 1 aromatic heterocycles. The first kappa shape index (κ1) is 24.1. The van der Waals surface area contributed by atoms with Crippen molar-refractivity contribution in [1.29, 1.82) is 0 Å². The fourth-order valence-corrected chi connectivity index (χ4v) is 3.66. The van der Waals surface area contributed by atoms with Crippen molar-refractivity contribution in [1.82, 2.24) is 4.98 Å². The van der Waals surface area contributed by atoms with Gasteiger partial charge in [-0.2, -0.15) is 0 Å². The number of alkyl halides is 1. The molecule has 0 fully saturated rings. The van der Waals surface area contributed by atoms with Gasteiger partial charge in [-0.25, -0.2) is 9.78 Å². The van der Waals surface area contributed by atoms with Crippen LogP contribution in [-0.4, -0.2) is 29.7 Å². The van der Waals surface area contributed by atoms with Gasteiger partial charge >= 0.3 is 5.97 Å². The van der Waals surface area contributed by atoms with E-state index in [9.17, 15) is 9.59 Å². The molecule has 0 aliphatic rings. The first-order valence-corrected chi connectivity index (χ1v) is 11.3. The molecule has 0 N–H and O–H groups in total. The molecule has 5 heteroatoms. The molecule has 0 saturated heterocycles. The monoisotopic (exact) mass is 459 g/mol. The third-order valence-corrected chi connectivity index (χ3v) is 5.41. The number of aromatic nitrogens is 1. The number of rotatable bonds is 8. The second kappa shape index (κ2) is 11.9. The Morgan fingerprint density at radius 1 is 1.03 bits per heavy atom. The number of carbonyl (C=O) groups excluding carboxylic acids is 2. The number of aryl methyl sites for hydroxylation is 1. The van der Waals surface area contributed by atoms with Crippen molar-refractivity contribution in [3.05, 3.63) is 99.2 Å². The average molecular weight is 460 g/mol. The Bertz CT molecular complexity index is 1290. The van der Waals surface area contributed by atoms with Crippen LogP contribution in [0.25, 0.3) is 24.3 Å². The van der Waals surface area contributed by atoms with E-state index in [0.717, 1.165) is 27.4 Å². The number of halogens is 1. The topological polar surface area (TPSA) is 56.3 Å². The molecule has 0 aliphatic heterocycles. The number of nitrogens with zero attached hydrogens (tertiary/aromatic N) is 1. The third-order valence-electron chi connectivity index (χ3n) is 5.26. The summed E-state index contributed by atoms with van der Waals surface area (Å²) in [6, 6.07) is 18.6. The molecule has 0 saturated carbocycles. The van der Waals surface area contributed by atoms with E-state index in [1.54, 1.807) is 12.1 Å². The Balaban J connectivity index is 1.74. The highest BCUT2D eigenvalue weighted by molar-refractivity contribution is 6.20. The molecule has 1 heterocycles.